The van der Waals surface area contributed by atoms with Crippen molar-refractivity contribution in [2.24, 2.45) is 0 Å². The number of nitrogens with one attached hydrogen (secondary N) is 1. The molecule has 30 heavy (non-hydrogen) atoms. The summed E-state index contributed by atoms with van der Waals surface area (Å²) in [5.41, 5.74) is -0.592. The first-order chi connectivity index (χ1) is 14.1. The lowest BCUT2D eigenvalue weighted by molar-refractivity contribution is -0.137. The number of alkyl halides is 3. The number of rotatable bonds is 9. The molecule has 2 aromatic carbocycles. The predicted octanol–water partition coefficient (Wildman–Crippen LogP) is 8.24. The largest absolute Gasteiger partial charge is 0.490 e. The van der Waals surface area contributed by atoms with Gasteiger partial charge in [0, 0.05) is 18.7 Å². The summed E-state index contributed by atoms with van der Waals surface area (Å²) < 4.78 is 49.5. The number of hydrogen-bond acceptors (Lipinski definition) is 3. The van der Waals surface area contributed by atoms with Crippen molar-refractivity contribution in [3.8, 4) is 11.5 Å². The van der Waals surface area contributed by atoms with Gasteiger partial charge < -0.3 is 14.8 Å². The highest BCUT2D eigenvalue weighted by Crippen LogP contribution is 2.37. The fourth-order valence-corrected chi connectivity index (χ4v) is 3.15. The molecule has 0 aliphatic heterocycles. The zero-order chi connectivity index (χ0) is 22.3. The van der Waals surface area contributed by atoms with E-state index in [-0.39, 0.29) is 44.2 Å². The first-order valence-electron chi connectivity index (χ1n) is 8.44. The Labute approximate surface area is 196 Å². The lowest BCUT2D eigenvalue weighted by Gasteiger charge is -2.14. The second-order valence-electron chi connectivity index (χ2n) is 5.84. The first-order valence-corrected chi connectivity index (χ1v) is 10.3. The van der Waals surface area contributed by atoms with E-state index < -0.39 is 11.7 Å². The molecule has 2 rings (SSSR count). The summed E-state index contributed by atoms with van der Waals surface area (Å²) in [6.07, 6.45) is -2.53. The summed E-state index contributed by atoms with van der Waals surface area (Å²) in [7, 11) is 0. The molecule has 1 N–H and O–H groups in total. The SMILES string of the molecule is FC(F)(F)c1ccc(Cl)c(NCCCOc2c(Cl)cc(OCC=C(Cl)Cl)cc2Cl)c1. The van der Waals surface area contributed by atoms with Crippen molar-refractivity contribution in [3.63, 3.8) is 0 Å². The van der Waals surface area contributed by atoms with Gasteiger partial charge in [-0.2, -0.15) is 13.2 Å². The molecule has 0 aliphatic rings. The van der Waals surface area contributed by atoms with Gasteiger partial charge in [0.25, 0.3) is 0 Å². The summed E-state index contributed by atoms with van der Waals surface area (Å²) in [5, 5.41) is 3.53. The van der Waals surface area contributed by atoms with E-state index in [1.165, 1.54) is 24.3 Å². The van der Waals surface area contributed by atoms with E-state index >= 15 is 0 Å². The fourth-order valence-electron chi connectivity index (χ4n) is 2.27. The van der Waals surface area contributed by atoms with Crippen molar-refractivity contribution in [1.29, 1.82) is 0 Å². The molecular weight excluding hydrogens is 508 g/mol. The predicted molar refractivity (Wildman–Crippen MR) is 117 cm³/mol. The van der Waals surface area contributed by atoms with Crippen LogP contribution in [0, 0.1) is 0 Å². The molecule has 0 spiro atoms. The number of ether oxygens (including phenoxy) is 2. The normalized spacial score (nSPS) is 11.2. The molecule has 0 saturated carbocycles. The second-order valence-corrected chi connectivity index (χ2v) is 8.07. The highest BCUT2D eigenvalue weighted by Gasteiger charge is 2.30. The highest BCUT2D eigenvalue weighted by atomic mass is 35.5. The molecule has 2 aromatic rings. The maximum absolute atomic E-state index is 12.8. The number of halogens is 8. The van der Waals surface area contributed by atoms with Crippen molar-refractivity contribution in [2.45, 2.75) is 12.6 Å². The summed E-state index contributed by atoms with van der Waals surface area (Å²) >= 11 is 29.3. The average Bonchev–Trinajstić information content (AvgIpc) is 2.63. The van der Waals surface area contributed by atoms with Crippen LogP contribution < -0.4 is 14.8 Å². The van der Waals surface area contributed by atoms with Crippen LogP contribution >= 0.6 is 58.0 Å². The van der Waals surface area contributed by atoms with Crippen molar-refractivity contribution in [3.05, 3.63) is 61.5 Å². The molecule has 0 heterocycles. The lowest BCUT2D eigenvalue weighted by atomic mass is 10.2. The van der Waals surface area contributed by atoms with E-state index in [1.807, 2.05) is 0 Å². The molecule has 0 atom stereocenters. The molecular formula is C19H15Cl5F3NO2. The van der Waals surface area contributed by atoms with Gasteiger partial charge in [-0.05, 0) is 30.7 Å². The topological polar surface area (TPSA) is 30.5 Å². The van der Waals surface area contributed by atoms with Gasteiger partial charge in [0.1, 0.15) is 16.8 Å². The molecule has 0 saturated heterocycles. The molecule has 0 amide bonds. The Bertz CT molecular complexity index is 879. The van der Waals surface area contributed by atoms with Crippen LogP contribution in [-0.4, -0.2) is 19.8 Å². The quantitative estimate of drug-likeness (QED) is 0.336. The van der Waals surface area contributed by atoms with Gasteiger partial charge in [-0.1, -0.05) is 58.0 Å². The maximum Gasteiger partial charge on any atom is 0.416 e. The Morgan fingerprint density at radius 3 is 2.23 bits per heavy atom. The lowest BCUT2D eigenvalue weighted by Crippen LogP contribution is -2.10. The minimum atomic E-state index is -4.44. The number of anilines is 1. The molecule has 11 heteroatoms. The third kappa shape index (κ3) is 7.82. The zero-order valence-corrected chi connectivity index (χ0v) is 18.9. The molecule has 3 nitrogen and oxygen atoms in total. The Kier molecular flexibility index (Phi) is 9.57. The van der Waals surface area contributed by atoms with Gasteiger partial charge in [-0.25, -0.2) is 0 Å². The second kappa shape index (κ2) is 11.4. The summed E-state index contributed by atoms with van der Waals surface area (Å²) in [6, 6.07) is 6.14. The van der Waals surface area contributed by atoms with Gasteiger partial charge in [0.2, 0.25) is 0 Å². The average molecular weight is 524 g/mol. The van der Waals surface area contributed by atoms with Crippen molar-refractivity contribution < 1.29 is 22.6 Å². The highest BCUT2D eigenvalue weighted by molar-refractivity contribution is 6.55. The molecule has 0 unspecified atom stereocenters. The Morgan fingerprint density at radius 2 is 1.63 bits per heavy atom. The van der Waals surface area contributed by atoms with E-state index in [0.717, 1.165) is 12.1 Å². The standard InChI is InChI=1S/C19H15Cl5F3NO2/c20-13-3-2-11(19(25,26)27)8-16(13)28-5-1-6-30-18-14(21)9-12(10-15(18)22)29-7-4-17(23)24/h2-4,8-10,28H,1,5-7H2. The molecule has 164 valence electrons. The van der Waals surface area contributed by atoms with E-state index in [9.17, 15) is 13.2 Å². The molecule has 0 bridgehead atoms. The third-order valence-corrected chi connectivity index (χ3v) is 4.84. The minimum Gasteiger partial charge on any atom is -0.490 e. The molecule has 0 aromatic heterocycles. The zero-order valence-electron chi connectivity index (χ0n) is 15.1. The van der Waals surface area contributed by atoms with Crippen LogP contribution in [0.3, 0.4) is 0 Å². The van der Waals surface area contributed by atoms with Gasteiger partial charge in [-0.15, -0.1) is 0 Å². The molecule has 0 aliphatic carbocycles. The van der Waals surface area contributed by atoms with Gasteiger partial charge in [0.05, 0.1) is 32.9 Å². The Balaban J connectivity index is 1.87. The van der Waals surface area contributed by atoms with Crippen LogP contribution in [0.25, 0.3) is 0 Å². The summed E-state index contributed by atoms with van der Waals surface area (Å²) in [4.78, 5) is 0. The molecule has 0 radical (unpaired) electrons. The number of hydrogen-bond donors (Lipinski definition) is 1. The van der Waals surface area contributed by atoms with Crippen LogP contribution in [0.4, 0.5) is 18.9 Å². The van der Waals surface area contributed by atoms with Gasteiger partial charge in [0.15, 0.2) is 5.75 Å². The van der Waals surface area contributed by atoms with Gasteiger partial charge >= 0.3 is 6.18 Å². The maximum atomic E-state index is 12.8. The third-order valence-electron chi connectivity index (χ3n) is 3.64. The van der Waals surface area contributed by atoms with Crippen LogP contribution in [0.1, 0.15) is 12.0 Å². The smallest absolute Gasteiger partial charge is 0.416 e. The van der Waals surface area contributed by atoms with Gasteiger partial charge in [-0.3, -0.25) is 0 Å². The van der Waals surface area contributed by atoms with E-state index in [0.29, 0.717) is 18.7 Å². The Hall–Kier alpha value is -1.18. The van der Waals surface area contributed by atoms with Crippen LogP contribution in [0.2, 0.25) is 15.1 Å². The monoisotopic (exact) mass is 521 g/mol. The minimum absolute atomic E-state index is 0.0761. The van der Waals surface area contributed by atoms with E-state index in [4.69, 9.17) is 67.5 Å². The Morgan fingerprint density at radius 1 is 0.967 bits per heavy atom. The van der Waals surface area contributed by atoms with Crippen LogP contribution in [0.5, 0.6) is 11.5 Å². The number of benzene rings is 2. The van der Waals surface area contributed by atoms with Crippen LogP contribution in [-0.2, 0) is 6.18 Å². The van der Waals surface area contributed by atoms with E-state index in [2.05, 4.69) is 5.32 Å². The molecule has 0 fully saturated rings. The van der Waals surface area contributed by atoms with E-state index in [1.54, 1.807) is 0 Å². The van der Waals surface area contributed by atoms with Crippen LogP contribution in [0.15, 0.2) is 40.9 Å². The van der Waals surface area contributed by atoms with Crippen molar-refractivity contribution in [2.75, 3.05) is 25.1 Å². The first kappa shape index (κ1) is 25.1. The summed E-state index contributed by atoms with van der Waals surface area (Å²) in [5.74, 6) is 0.678. The fraction of sp³-hybridized carbons (Fsp3) is 0.263. The van der Waals surface area contributed by atoms with Crippen molar-refractivity contribution >= 4 is 63.7 Å². The van der Waals surface area contributed by atoms with Crippen molar-refractivity contribution in [1.82, 2.24) is 0 Å². The summed E-state index contributed by atoms with van der Waals surface area (Å²) in [6.45, 7) is 0.676.